The molecule has 2 aliphatic carbocycles. The molecule has 2 atom stereocenters. The van der Waals surface area contributed by atoms with E-state index in [2.05, 4.69) is 60.3 Å². The average Bonchev–Trinajstić information content (AvgIpc) is 3.35. The molecule has 7 heteroatoms. The highest BCUT2D eigenvalue weighted by molar-refractivity contribution is 6.01. The molecule has 0 saturated heterocycles. The van der Waals surface area contributed by atoms with Gasteiger partial charge in [-0.3, -0.25) is 14.6 Å². The van der Waals surface area contributed by atoms with Crippen molar-refractivity contribution in [3.63, 3.8) is 0 Å². The summed E-state index contributed by atoms with van der Waals surface area (Å²) >= 11 is 0. The Morgan fingerprint density at radius 3 is 2.40 bits per heavy atom. The summed E-state index contributed by atoms with van der Waals surface area (Å²) in [5, 5.41) is 4.43. The third-order valence-electron chi connectivity index (χ3n) is 10.1. The summed E-state index contributed by atoms with van der Waals surface area (Å²) in [4.78, 5) is 40.6. The van der Waals surface area contributed by atoms with E-state index in [9.17, 15) is 9.59 Å². The van der Waals surface area contributed by atoms with E-state index in [1.807, 2.05) is 60.3 Å². The predicted molar refractivity (Wildman–Crippen MR) is 173 cm³/mol. The normalized spacial score (nSPS) is 20.1. The molecule has 2 aromatic carbocycles. The van der Waals surface area contributed by atoms with E-state index < -0.39 is 5.54 Å². The van der Waals surface area contributed by atoms with Crippen LogP contribution in [0.2, 0.25) is 0 Å². The molecule has 0 bridgehead atoms. The highest BCUT2D eigenvalue weighted by atomic mass is 16.2. The van der Waals surface area contributed by atoms with Gasteiger partial charge in [-0.15, -0.1) is 0 Å². The molecule has 2 saturated carbocycles. The molecule has 2 fully saturated rings. The number of hydrogen-bond donors (Lipinski definition) is 2. The number of pyridine rings is 1. The zero-order valence-corrected chi connectivity index (χ0v) is 26.0. The van der Waals surface area contributed by atoms with E-state index in [0.29, 0.717) is 25.8 Å². The van der Waals surface area contributed by atoms with Gasteiger partial charge in [-0.05, 0) is 84.5 Å². The van der Waals surface area contributed by atoms with Crippen LogP contribution in [0.1, 0.15) is 68.7 Å². The van der Waals surface area contributed by atoms with E-state index in [1.54, 1.807) is 12.4 Å². The number of amides is 2. The molecule has 2 amide bonds. The van der Waals surface area contributed by atoms with Gasteiger partial charge >= 0.3 is 0 Å². The van der Waals surface area contributed by atoms with Crippen LogP contribution in [0.15, 0.2) is 73.1 Å². The Kier molecular flexibility index (Phi) is 7.53. The molecule has 0 unspecified atom stereocenters. The number of aromatic amines is 1. The van der Waals surface area contributed by atoms with E-state index in [0.717, 1.165) is 35.3 Å². The monoisotopic (exact) mass is 577 g/mol. The average molecular weight is 578 g/mol. The number of rotatable bonds is 9. The number of aromatic nitrogens is 2. The van der Waals surface area contributed by atoms with Crippen molar-refractivity contribution < 1.29 is 9.59 Å². The maximum atomic E-state index is 14.5. The Bertz CT molecular complexity index is 1620. The Labute approximate surface area is 254 Å². The molecular formula is C36H43N5O2. The highest BCUT2D eigenvalue weighted by Gasteiger charge is 2.60. The summed E-state index contributed by atoms with van der Waals surface area (Å²) in [6, 6.07) is 20.2. The highest BCUT2D eigenvalue weighted by Crippen LogP contribution is 2.67. The second-order valence-corrected chi connectivity index (χ2v) is 13.3. The number of nitrogens with one attached hydrogen (secondary N) is 2. The number of H-pyrrole nitrogens is 1. The first-order chi connectivity index (χ1) is 20.6. The number of carbonyl (C=O) groups excluding carboxylic acids is 2. The smallest absolute Gasteiger partial charge is 0.250 e. The van der Waals surface area contributed by atoms with E-state index in [4.69, 9.17) is 0 Å². The van der Waals surface area contributed by atoms with Crippen molar-refractivity contribution in [2.24, 2.45) is 11.3 Å². The van der Waals surface area contributed by atoms with Crippen molar-refractivity contribution in [2.75, 3.05) is 24.3 Å². The SMILES string of the molecule is Cc1[nH]c2ccccc2c1[C@H]1[C@H](CC(=O)N(Cc2cccnc2)C2(C(=O)Nc3ccc(N(C)C)cc3)CCCC2)C1(C)C. The van der Waals surface area contributed by atoms with Crippen molar-refractivity contribution in [1.82, 2.24) is 14.9 Å². The molecule has 2 heterocycles. The van der Waals surface area contributed by atoms with Crippen LogP contribution >= 0.6 is 0 Å². The van der Waals surface area contributed by atoms with Gasteiger partial charge in [0.2, 0.25) is 11.8 Å². The largest absolute Gasteiger partial charge is 0.378 e. The van der Waals surface area contributed by atoms with Gasteiger partial charge in [0.05, 0.1) is 0 Å². The van der Waals surface area contributed by atoms with Crippen LogP contribution in [0, 0.1) is 18.3 Å². The molecule has 7 nitrogen and oxygen atoms in total. The standard InChI is InChI=1S/C36H43N5O2/c1-24-32(28-12-6-7-13-30(28)38-24)33-29(35(33,2)3)21-31(42)41(23-25-11-10-20-37-22-25)36(18-8-9-19-36)34(43)39-26-14-16-27(17-15-26)40(4)5/h6-7,10-17,20,22,29,33,38H,8-9,18-19,21,23H2,1-5H3,(H,39,43)/t29-,33+/m0/s1. The maximum Gasteiger partial charge on any atom is 0.250 e. The van der Waals surface area contributed by atoms with E-state index in [-0.39, 0.29) is 29.1 Å². The molecule has 224 valence electrons. The predicted octanol–water partition coefficient (Wildman–Crippen LogP) is 7.05. The van der Waals surface area contributed by atoms with Crippen LogP contribution in [0.25, 0.3) is 10.9 Å². The van der Waals surface area contributed by atoms with Crippen molar-refractivity contribution in [2.45, 2.75) is 70.9 Å². The zero-order chi connectivity index (χ0) is 30.4. The number of aryl methyl sites for hydroxylation is 1. The first-order valence-electron chi connectivity index (χ1n) is 15.5. The first kappa shape index (κ1) is 29.0. The minimum atomic E-state index is -0.904. The lowest BCUT2D eigenvalue weighted by atomic mass is 9.91. The third-order valence-corrected chi connectivity index (χ3v) is 10.1. The van der Waals surface area contributed by atoms with Crippen LogP contribution in [0.5, 0.6) is 0 Å². The molecule has 2 aliphatic rings. The lowest BCUT2D eigenvalue weighted by molar-refractivity contribution is -0.146. The molecule has 0 radical (unpaired) electrons. The fourth-order valence-corrected chi connectivity index (χ4v) is 7.52. The van der Waals surface area contributed by atoms with Gasteiger partial charge in [0.1, 0.15) is 5.54 Å². The minimum Gasteiger partial charge on any atom is -0.378 e. The molecule has 2 aromatic heterocycles. The van der Waals surface area contributed by atoms with Gasteiger partial charge in [-0.1, -0.05) is 51.0 Å². The number of para-hydroxylation sites is 1. The number of anilines is 2. The summed E-state index contributed by atoms with van der Waals surface area (Å²) < 4.78 is 0. The minimum absolute atomic E-state index is 0.0232. The number of benzene rings is 2. The van der Waals surface area contributed by atoms with Gasteiger partial charge in [0, 0.05) is 67.4 Å². The second-order valence-electron chi connectivity index (χ2n) is 13.3. The van der Waals surface area contributed by atoms with Crippen molar-refractivity contribution in [1.29, 1.82) is 0 Å². The summed E-state index contributed by atoms with van der Waals surface area (Å²) in [5.74, 6) is 0.409. The van der Waals surface area contributed by atoms with Gasteiger partial charge in [-0.25, -0.2) is 0 Å². The van der Waals surface area contributed by atoms with E-state index in [1.165, 1.54) is 16.6 Å². The molecule has 4 aromatic rings. The zero-order valence-electron chi connectivity index (χ0n) is 26.0. The second kappa shape index (κ2) is 11.2. The molecular weight excluding hydrogens is 534 g/mol. The summed E-state index contributed by atoms with van der Waals surface area (Å²) in [7, 11) is 3.99. The van der Waals surface area contributed by atoms with Crippen LogP contribution in [-0.4, -0.2) is 46.3 Å². The van der Waals surface area contributed by atoms with E-state index >= 15 is 0 Å². The number of hydrogen-bond acceptors (Lipinski definition) is 4. The van der Waals surface area contributed by atoms with Gasteiger partial charge in [0.25, 0.3) is 0 Å². The molecule has 2 N–H and O–H groups in total. The van der Waals surface area contributed by atoms with Crippen LogP contribution in [0.3, 0.4) is 0 Å². The Morgan fingerprint density at radius 2 is 1.72 bits per heavy atom. The van der Waals surface area contributed by atoms with Crippen molar-refractivity contribution in [3.05, 3.63) is 89.9 Å². The summed E-state index contributed by atoms with van der Waals surface area (Å²) in [6.45, 7) is 7.05. The first-order valence-corrected chi connectivity index (χ1v) is 15.5. The Hall–Kier alpha value is -4.13. The van der Waals surface area contributed by atoms with Gasteiger partial charge < -0.3 is 20.1 Å². The lowest BCUT2D eigenvalue weighted by Crippen LogP contribution is -2.57. The lowest BCUT2D eigenvalue weighted by Gasteiger charge is -2.40. The molecule has 0 aliphatic heterocycles. The Balaban J connectivity index is 1.30. The van der Waals surface area contributed by atoms with Crippen LogP contribution in [0.4, 0.5) is 11.4 Å². The van der Waals surface area contributed by atoms with Crippen LogP contribution in [-0.2, 0) is 16.1 Å². The Morgan fingerprint density at radius 1 is 1.00 bits per heavy atom. The fraction of sp³-hybridized carbons (Fsp3) is 0.417. The van der Waals surface area contributed by atoms with Crippen molar-refractivity contribution in [3.8, 4) is 0 Å². The third kappa shape index (κ3) is 5.30. The molecule has 6 rings (SSSR count). The van der Waals surface area contributed by atoms with Crippen molar-refractivity contribution >= 4 is 34.1 Å². The fourth-order valence-electron chi connectivity index (χ4n) is 7.52. The van der Waals surface area contributed by atoms with Crippen LogP contribution < -0.4 is 10.2 Å². The quantitative estimate of drug-likeness (QED) is 0.223. The summed E-state index contributed by atoms with van der Waals surface area (Å²) in [5.41, 5.74) is 5.46. The topological polar surface area (TPSA) is 81.3 Å². The van der Waals surface area contributed by atoms with Gasteiger partial charge in [-0.2, -0.15) is 0 Å². The number of fused-ring (bicyclic) bond motifs is 1. The molecule has 0 spiro atoms. The number of carbonyl (C=O) groups is 2. The molecule has 43 heavy (non-hydrogen) atoms. The van der Waals surface area contributed by atoms with Gasteiger partial charge in [0.15, 0.2) is 0 Å². The summed E-state index contributed by atoms with van der Waals surface area (Å²) in [6.07, 6.45) is 7.08. The number of nitrogens with zero attached hydrogens (tertiary/aromatic N) is 3. The maximum absolute atomic E-state index is 14.5.